The summed E-state index contributed by atoms with van der Waals surface area (Å²) in [6.07, 6.45) is 1.30. The lowest BCUT2D eigenvalue weighted by Gasteiger charge is -2.29. The van der Waals surface area contributed by atoms with Crippen molar-refractivity contribution in [3.8, 4) is 23.0 Å². The number of hydrogen-bond donors (Lipinski definition) is 4. The highest BCUT2D eigenvalue weighted by Crippen LogP contribution is 2.44. The van der Waals surface area contributed by atoms with Crippen LogP contribution in [-0.2, 0) is 66.5 Å². The fourth-order valence-electron chi connectivity index (χ4n) is 8.91. The lowest BCUT2D eigenvalue weighted by Crippen LogP contribution is -2.29. The van der Waals surface area contributed by atoms with E-state index in [1.54, 1.807) is 0 Å². The van der Waals surface area contributed by atoms with Crippen LogP contribution >= 0.6 is 0 Å². The van der Waals surface area contributed by atoms with Crippen LogP contribution in [0.15, 0.2) is 48.5 Å². The largest absolute Gasteiger partial charge is 0.483 e. The highest BCUT2D eigenvalue weighted by Gasteiger charge is 2.30. The second-order valence-electron chi connectivity index (χ2n) is 23.2. The van der Waals surface area contributed by atoms with E-state index in [4.69, 9.17) is 18.9 Å². The molecule has 0 spiro atoms. The molecule has 4 N–H and O–H groups in total. The lowest BCUT2D eigenvalue weighted by molar-refractivity contribution is -0.123. The molecule has 392 valence electrons. The normalized spacial score (nSPS) is 12.9. The van der Waals surface area contributed by atoms with Crippen molar-refractivity contribution in [2.24, 2.45) is 0 Å². The first-order valence-electron chi connectivity index (χ1n) is 25.9. The van der Waals surface area contributed by atoms with Crippen molar-refractivity contribution in [1.82, 2.24) is 21.3 Å². The Morgan fingerprint density at radius 2 is 0.486 bits per heavy atom. The highest BCUT2D eigenvalue weighted by molar-refractivity contribution is 5.79. The fourth-order valence-corrected chi connectivity index (χ4v) is 8.91. The summed E-state index contributed by atoms with van der Waals surface area (Å²) in [6.45, 7) is 34.6. The monoisotopic (exact) mass is 989 g/mol. The van der Waals surface area contributed by atoms with Gasteiger partial charge in [0.1, 0.15) is 23.0 Å². The third kappa shape index (κ3) is 15.0. The van der Waals surface area contributed by atoms with Crippen molar-refractivity contribution in [3.63, 3.8) is 0 Å². The predicted octanol–water partition coefficient (Wildman–Crippen LogP) is 9.61. The minimum Gasteiger partial charge on any atom is -0.483 e. The van der Waals surface area contributed by atoms with Crippen LogP contribution in [-0.4, -0.2) is 76.2 Å². The number of rotatable bonds is 16. The van der Waals surface area contributed by atoms with Crippen LogP contribution < -0.4 is 40.2 Å². The zero-order chi connectivity index (χ0) is 53.3. The summed E-state index contributed by atoms with van der Waals surface area (Å²) in [6, 6.07) is 17.4. The Labute approximate surface area is 430 Å². The number of ether oxygens (including phenoxy) is 4. The summed E-state index contributed by atoms with van der Waals surface area (Å²) in [4.78, 5) is 53.3. The van der Waals surface area contributed by atoms with Gasteiger partial charge in [0.05, 0.1) is 0 Å². The maximum atomic E-state index is 13.3. The second kappa shape index (κ2) is 23.7. The van der Waals surface area contributed by atoms with Gasteiger partial charge in [-0.3, -0.25) is 19.2 Å². The zero-order valence-corrected chi connectivity index (χ0v) is 46.4. The zero-order valence-electron chi connectivity index (χ0n) is 46.4. The first-order valence-corrected chi connectivity index (χ1v) is 25.9. The molecule has 0 saturated carbocycles. The lowest BCUT2D eigenvalue weighted by atomic mass is 9.79. The molecule has 1 aliphatic carbocycles. The van der Waals surface area contributed by atoms with Gasteiger partial charge in [0, 0.05) is 51.9 Å². The second-order valence-corrected chi connectivity index (χ2v) is 23.2. The summed E-state index contributed by atoms with van der Waals surface area (Å²) in [7, 11) is 0. The van der Waals surface area contributed by atoms with Gasteiger partial charge in [0.25, 0.3) is 23.6 Å². The molecule has 1 aliphatic rings. The molecule has 4 aromatic rings. The molecule has 0 unspecified atom stereocenters. The number of carbonyl (C=O) groups is 4. The number of fused-ring (bicyclic) bond motifs is 8. The van der Waals surface area contributed by atoms with Gasteiger partial charge in [0.2, 0.25) is 0 Å². The summed E-state index contributed by atoms with van der Waals surface area (Å²) in [5.74, 6) is 1.28. The smallest absolute Gasteiger partial charge is 0.257 e. The number of amides is 4. The molecule has 4 amide bonds. The van der Waals surface area contributed by atoms with Crippen molar-refractivity contribution in [2.75, 3.05) is 52.6 Å². The molecule has 0 aromatic heterocycles. The number of hydrogen-bond acceptors (Lipinski definition) is 8. The molecule has 4 aromatic carbocycles. The van der Waals surface area contributed by atoms with Gasteiger partial charge in [-0.2, -0.15) is 0 Å². The van der Waals surface area contributed by atoms with E-state index in [-0.39, 0.29) is 71.7 Å². The average molecular weight is 989 g/mol. The van der Waals surface area contributed by atoms with Gasteiger partial charge in [-0.15, -0.1) is 0 Å². The summed E-state index contributed by atoms with van der Waals surface area (Å²) < 4.78 is 27.0. The van der Waals surface area contributed by atoms with E-state index in [1.165, 1.54) is 0 Å². The Morgan fingerprint density at radius 1 is 0.333 bits per heavy atom. The first kappa shape index (κ1) is 56.9. The van der Waals surface area contributed by atoms with Crippen LogP contribution in [0, 0.1) is 0 Å². The molecule has 5 rings (SSSR count). The quantitative estimate of drug-likeness (QED) is 0.0763. The molecule has 0 atom stereocenters. The topological polar surface area (TPSA) is 153 Å². The van der Waals surface area contributed by atoms with Gasteiger partial charge in [0.15, 0.2) is 26.4 Å². The molecule has 0 radical (unpaired) electrons. The number of likely N-dealkylation sites (N-methyl/N-ethyl adjacent to an activating group) is 4. The molecular weight excluding hydrogens is 905 g/mol. The van der Waals surface area contributed by atoms with Gasteiger partial charge in [-0.1, -0.05) is 132 Å². The number of nitrogens with one attached hydrogen (secondary N) is 4. The molecule has 0 aliphatic heterocycles. The Hall–Kier alpha value is -6.04. The average Bonchev–Trinajstić information content (AvgIpc) is 3.26. The molecule has 12 heteroatoms. The Morgan fingerprint density at radius 3 is 0.611 bits per heavy atom. The maximum Gasteiger partial charge on any atom is 0.257 e. The summed E-state index contributed by atoms with van der Waals surface area (Å²) in [5.41, 5.74) is 9.72. The summed E-state index contributed by atoms with van der Waals surface area (Å²) in [5, 5.41) is 11.6. The van der Waals surface area contributed by atoms with Crippen molar-refractivity contribution < 1.29 is 38.1 Å². The molecule has 72 heavy (non-hydrogen) atoms. The van der Waals surface area contributed by atoms with E-state index in [9.17, 15) is 19.2 Å². The van der Waals surface area contributed by atoms with Crippen LogP contribution in [0.4, 0.5) is 0 Å². The molecule has 0 fully saturated rings. The van der Waals surface area contributed by atoms with E-state index in [0.29, 0.717) is 74.9 Å². The SMILES string of the molecule is CCNC(=O)COc1c2cc(C(C)(C)C)cc1Cc1cc(C(C)(C)C)cc(c1OCC(=O)NCC)Cc1cc(C(C)(C)C)cc(c1OCC(=O)NCC)Cc1cc(C(C)(C)C)cc(c1OCC(=O)NCC)C2. The fraction of sp³-hybridized carbons (Fsp3) is 0.533. The van der Waals surface area contributed by atoms with Crippen LogP contribution in [0.5, 0.6) is 23.0 Å². The van der Waals surface area contributed by atoms with Crippen LogP contribution in [0.1, 0.15) is 178 Å². The van der Waals surface area contributed by atoms with Crippen molar-refractivity contribution in [3.05, 3.63) is 115 Å². The maximum absolute atomic E-state index is 13.3. The minimum absolute atomic E-state index is 0.214. The third-order valence-electron chi connectivity index (χ3n) is 12.8. The van der Waals surface area contributed by atoms with E-state index in [0.717, 1.165) is 66.8 Å². The van der Waals surface area contributed by atoms with E-state index < -0.39 is 0 Å². The van der Waals surface area contributed by atoms with Crippen molar-refractivity contribution in [1.29, 1.82) is 0 Å². The number of carbonyl (C=O) groups excluding carboxylic acids is 4. The number of benzene rings is 4. The minimum atomic E-state index is -0.313. The van der Waals surface area contributed by atoms with Crippen LogP contribution in [0.25, 0.3) is 0 Å². The van der Waals surface area contributed by atoms with Gasteiger partial charge < -0.3 is 40.2 Å². The van der Waals surface area contributed by atoms with Crippen molar-refractivity contribution in [2.45, 2.75) is 158 Å². The van der Waals surface area contributed by atoms with Crippen LogP contribution in [0.3, 0.4) is 0 Å². The van der Waals surface area contributed by atoms with Crippen molar-refractivity contribution >= 4 is 23.6 Å². The van der Waals surface area contributed by atoms with E-state index in [2.05, 4.69) is 153 Å². The molecule has 8 bridgehead atoms. The van der Waals surface area contributed by atoms with Gasteiger partial charge >= 0.3 is 0 Å². The Balaban J connectivity index is 2.04. The van der Waals surface area contributed by atoms with E-state index in [1.807, 2.05) is 27.7 Å². The van der Waals surface area contributed by atoms with Crippen LogP contribution in [0.2, 0.25) is 0 Å². The molecule has 0 saturated heterocycles. The third-order valence-corrected chi connectivity index (χ3v) is 12.8. The summed E-state index contributed by atoms with van der Waals surface area (Å²) >= 11 is 0. The molecule has 0 heterocycles. The molecule has 12 nitrogen and oxygen atoms in total. The van der Waals surface area contributed by atoms with Gasteiger partial charge in [-0.05, 0) is 116 Å². The van der Waals surface area contributed by atoms with Gasteiger partial charge in [-0.25, -0.2) is 0 Å². The molecular formula is C60H84N4O8. The standard InChI is InChI=1S/C60H84N4O8/c1-17-61-49(65)33-69-53-37-21-39-27-46(58(8,9)10)29-41(54(39)70-34-50(66)62-18-2)23-43-31-48(60(14,15)16)32-44(56(43)72-36-52(68)64-20-4)24-42-30-47(59(11,12)13)28-40(55(42)71-35-51(67)63-19-3)22-38(53)26-45(25-37)57(5,6)7/h25-32H,17-24,33-36H2,1-16H3,(H,61,65)(H,62,66)(H,63,67)(H,64,68). The van der Waals surface area contributed by atoms with E-state index >= 15 is 0 Å². The highest BCUT2D eigenvalue weighted by atomic mass is 16.5. The Kier molecular flexibility index (Phi) is 18.7. The Bertz CT molecular complexity index is 2150. The predicted molar refractivity (Wildman–Crippen MR) is 289 cm³/mol. The first-order chi connectivity index (χ1) is 33.7.